The highest BCUT2D eigenvalue weighted by Gasteiger charge is 2.46. The number of amides is 2. The van der Waals surface area contributed by atoms with E-state index in [2.05, 4.69) is 34.7 Å². The number of carbonyl (C=O) groups excluding carboxylic acids is 2. The minimum Gasteiger partial charge on any atom is -0.378 e. The van der Waals surface area contributed by atoms with Crippen molar-refractivity contribution >= 4 is 33.3 Å². The van der Waals surface area contributed by atoms with Gasteiger partial charge in [0.05, 0.1) is 19.3 Å². The minimum atomic E-state index is -3.94. The molecule has 3 aliphatic heterocycles. The fourth-order valence-corrected chi connectivity index (χ4v) is 7.81. The van der Waals surface area contributed by atoms with Crippen molar-refractivity contribution in [2.24, 2.45) is 5.92 Å². The lowest BCUT2D eigenvalue weighted by atomic mass is 9.72. The second kappa shape index (κ2) is 11.5. The van der Waals surface area contributed by atoms with Gasteiger partial charge in [-0.3, -0.25) is 9.59 Å². The second-order valence-corrected chi connectivity index (χ2v) is 14.0. The Balaban J connectivity index is 1.47. The molecule has 1 N–H and O–H groups in total. The average Bonchev–Trinajstić information content (AvgIpc) is 3.26. The van der Waals surface area contributed by atoms with E-state index in [9.17, 15) is 18.0 Å². The summed E-state index contributed by atoms with van der Waals surface area (Å²) in [4.78, 5) is 31.4. The number of carbonyl (C=O) groups is 2. The van der Waals surface area contributed by atoms with E-state index in [1.807, 2.05) is 23.1 Å². The van der Waals surface area contributed by atoms with Crippen LogP contribution < -0.4 is 9.62 Å². The molecule has 10 heteroatoms. The third-order valence-electron chi connectivity index (χ3n) is 9.52. The van der Waals surface area contributed by atoms with Crippen LogP contribution in [-0.2, 0) is 19.7 Å². The summed E-state index contributed by atoms with van der Waals surface area (Å²) < 4.78 is 33.6. The van der Waals surface area contributed by atoms with E-state index in [0.717, 1.165) is 39.5 Å². The molecule has 9 nitrogen and oxygen atoms in total. The number of rotatable bonds is 5. The molecule has 224 valence electrons. The maximum Gasteiger partial charge on any atom is 0.303 e. The second-order valence-electron chi connectivity index (χ2n) is 12.1. The van der Waals surface area contributed by atoms with Gasteiger partial charge in [-0.25, -0.2) is 4.72 Å². The van der Waals surface area contributed by atoms with Crippen LogP contribution in [0.2, 0.25) is 0 Å². The summed E-state index contributed by atoms with van der Waals surface area (Å²) in [6, 6.07) is 14.0. The third-order valence-corrected chi connectivity index (χ3v) is 10.9. The van der Waals surface area contributed by atoms with Crippen molar-refractivity contribution < 1.29 is 22.7 Å². The number of hydrogen-bond acceptors (Lipinski definition) is 6. The standard InChI is InChI=1S/C32H40N4O5S/c1-21-24-11-7-8-12-25(24)30-29(22-9-5-4-6-10-22)26-14-13-23(31(37)33-42(39,40)34(2)3)19-28(26)36(30)20-27(21)32(38)35-15-17-41-18-16-35/h7-8,11-14,19,22,29-30H,4-6,9-10,15-18,20H2,1-3H3,(H,33,37). The maximum atomic E-state index is 14.1. The zero-order valence-corrected chi connectivity index (χ0v) is 25.5. The molecule has 1 saturated heterocycles. The van der Waals surface area contributed by atoms with Gasteiger partial charge in [0.1, 0.15) is 0 Å². The molecular weight excluding hydrogens is 552 g/mol. The topological polar surface area (TPSA) is 99.3 Å². The van der Waals surface area contributed by atoms with Crippen molar-refractivity contribution in [2.75, 3.05) is 51.8 Å². The van der Waals surface area contributed by atoms with Crippen LogP contribution in [0.5, 0.6) is 0 Å². The molecule has 0 radical (unpaired) electrons. The first kappa shape index (κ1) is 28.9. The Labute approximate surface area is 248 Å². The van der Waals surface area contributed by atoms with Crippen molar-refractivity contribution in [3.8, 4) is 0 Å². The van der Waals surface area contributed by atoms with Gasteiger partial charge in [-0.2, -0.15) is 12.7 Å². The molecule has 3 heterocycles. The Bertz CT molecular complexity index is 1520. The number of hydrogen-bond donors (Lipinski definition) is 1. The molecular formula is C32H40N4O5S. The molecule has 2 unspecified atom stereocenters. The molecule has 2 amide bonds. The van der Waals surface area contributed by atoms with E-state index in [1.165, 1.54) is 44.5 Å². The van der Waals surface area contributed by atoms with Crippen LogP contribution in [-0.4, -0.2) is 76.4 Å². The molecule has 42 heavy (non-hydrogen) atoms. The minimum absolute atomic E-state index is 0.00746. The summed E-state index contributed by atoms with van der Waals surface area (Å²) in [5.74, 6) is 0.0384. The molecule has 1 aliphatic carbocycles. The van der Waals surface area contributed by atoms with Crippen LogP contribution in [0.1, 0.15) is 78.0 Å². The number of fused-ring (bicyclic) bond motifs is 5. The summed E-state index contributed by atoms with van der Waals surface area (Å²) in [6.45, 7) is 4.66. The molecule has 2 fully saturated rings. The zero-order valence-electron chi connectivity index (χ0n) is 24.6. The van der Waals surface area contributed by atoms with Crippen LogP contribution in [0.15, 0.2) is 48.0 Å². The van der Waals surface area contributed by atoms with Gasteiger partial charge < -0.3 is 14.5 Å². The molecule has 0 aromatic heterocycles. The zero-order chi connectivity index (χ0) is 29.6. The normalized spacial score (nSPS) is 22.9. The van der Waals surface area contributed by atoms with Gasteiger partial charge in [-0.15, -0.1) is 0 Å². The van der Waals surface area contributed by atoms with Crippen LogP contribution >= 0.6 is 0 Å². The van der Waals surface area contributed by atoms with Crippen LogP contribution in [0, 0.1) is 5.92 Å². The number of ether oxygens (including phenoxy) is 1. The van der Waals surface area contributed by atoms with Crippen molar-refractivity contribution in [1.29, 1.82) is 0 Å². The van der Waals surface area contributed by atoms with Gasteiger partial charge in [-0.1, -0.05) is 49.6 Å². The highest BCUT2D eigenvalue weighted by Crippen LogP contribution is 2.57. The number of benzene rings is 2. The predicted molar refractivity (Wildman–Crippen MR) is 162 cm³/mol. The number of morpholine rings is 1. The number of allylic oxidation sites excluding steroid dienone is 1. The first-order chi connectivity index (χ1) is 20.2. The quantitative estimate of drug-likeness (QED) is 0.562. The highest BCUT2D eigenvalue weighted by molar-refractivity contribution is 7.87. The molecule has 0 bridgehead atoms. The van der Waals surface area contributed by atoms with Crippen molar-refractivity contribution in [3.05, 3.63) is 70.3 Å². The van der Waals surface area contributed by atoms with Gasteiger partial charge in [-0.05, 0) is 60.1 Å². The summed E-state index contributed by atoms with van der Waals surface area (Å²) in [5, 5.41) is 0. The summed E-state index contributed by atoms with van der Waals surface area (Å²) in [5.41, 5.74) is 6.41. The Morgan fingerprint density at radius 2 is 1.69 bits per heavy atom. The molecule has 6 rings (SSSR count). The van der Waals surface area contributed by atoms with Gasteiger partial charge >= 0.3 is 10.2 Å². The van der Waals surface area contributed by atoms with Crippen LogP contribution in [0.3, 0.4) is 0 Å². The van der Waals surface area contributed by atoms with Crippen molar-refractivity contribution in [2.45, 2.75) is 51.0 Å². The highest BCUT2D eigenvalue weighted by atomic mass is 32.2. The molecule has 1 saturated carbocycles. The summed E-state index contributed by atoms with van der Waals surface area (Å²) >= 11 is 0. The maximum absolute atomic E-state index is 14.1. The predicted octanol–water partition coefficient (Wildman–Crippen LogP) is 4.09. The van der Waals surface area contributed by atoms with E-state index in [0.29, 0.717) is 38.8 Å². The van der Waals surface area contributed by atoms with Gasteiger partial charge in [0.15, 0.2) is 0 Å². The van der Waals surface area contributed by atoms with Crippen molar-refractivity contribution in [1.82, 2.24) is 13.9 Å². The lowest BCUT2D eigenvalue weighted by Gasteiger charge is -2.36. The smallest absolute Gasteiger partial charge is 0.303 e. The Morgan fingerprint density at radius 3 is 2.40 bits per heavy atom. The lowest BCUT2D eigenvalue weighted by molar-refractivity contribution is -0.131. The largest absolute Gasteiger partial charge is 0.378 e. The number of anilines is 1. The van der Waals surface area contributed by atoms with Gasteiger partial charge in [0.25, 0.3) is 11.8 Å². The van der Waals surface area contributed by atoms with E-state index in [4.69, 9.17) is 4.74 Å². The molecule has 2 aromatic rings. The molecule has 4 aliphatic rings. The van der Waals surface area contributed by atoms with E-state index in [-0.39, 0.29) is 23.4 Å². The van der Waals surface area contributed by atoms with Crippen molar-refractivity contribution in [3.63, 3.8) is 0 Å². The molecule has 2 aromatic carbocycles. The summed E-state index contributed by atoms with van der Waals surface area (Å²) in [6.07, 6.45) is 5.94. The first-order valence-corrected chi connectivity index (χ1v) is 16.4. The fourth-order valence-electron chi connectivity index (χ4n) is 7.28. The first-order valence-electron chi connectivity index (χ1n) is 15.0. The molecule has 0 spiro atoms. The van der Waals surface area contributed by atoms with E-state index < -0.39 is 16.1 Å². The molecule has 2 atom stereocenters. The van der Waals surface area contributed by atoms with Crippen LogP contribution in [0.25, 0.3) is 5.57 Å². The lowest BCUT2D eigenvalue weighted by Crippen LogP contribution is -2.43. The summed E-state index contributed by atoms with van der Waals surface area (Å²) in [7, 11) is -1.18. The Kier molecular flexibility index (Phi) is 7.89. The fraction of sp³-hybridized carbons (Fsp3) is 0.500. The van der Waals surface area contributed by atoms with Gasteiger partial charge in [0, 0.05) is 56.5 Å². The van der Waals surface area contributed by atoms with Crippen LogP contribution in [0.4, 0.5) is 5.69 Å². The van der Waals surface area contributed by atoms with E-state index in [1.54, 1.807) is 6.07 Å². The van der Waals surface area contributed by atoms with E-state index >= 15 is 0 Å². The SMILES string of the molecule is CC1=C(C(=O)N2CCOCC2)CN2c3cc(C(=O)NS(=O)(=O)N(C)C)ccc3C(C3CCCCC3)C2c2ccccc21. The number of nitrogens with zero attached hydrogens (tertiary/aromatic N) is 3. The monoisotopic (exact) mass is 592 g/mol. The average molecular weight is 593 g/mol. The van der Waals surface area contributed by atoms with Gasteiger partial charge in [0.2, 0.25) is 0 Å². The number of nitrogens with one attached hydrogen (secondary N) is 1. The third kappa shape index (κ3) is 5.14. The Morgan fingerprint density at radius 1 is 0.976 bits per heavy atom. The Hall–Kier alpha value is -3.21.